The monoisotopic (exact) mass is 321 g/mol. The smallest absolute Gasteiger partial charge is 0.260 e. The maximum atomic E-state index is 12.3. The Balaban J connectivity index is 1.65. The highest BCUT2D eigenvalue weighted by Gasteiger charge is 2.13. The number of aromatic nitrogens is 2. The van der Waals surface area contributed by atoms with Crippen LogP contribution in [0.2, 0.25) is 0 Å². The normalized spacial score (nSPS) is 10.6. The fourth-order valence-electron chi connectivity index (χ4n) is 2.47. The second-order valence-corrected chi connectivity index (χ2v) is 5.66. The molecule has 0 unspecified atom stereocenters. The van der Waals surface area contributed by atoms with Crippen molar-refractivity contribution in [3.05, 3.63) is 66.0 Å². The lowest BCUT2D eigenvalue weighted by atomic mass is 10.1. The Bertz CT molecular complexity index is 859. The number of hydrogen-bond donors (Lipinski definition) is 0. The van der Waals surface area contributed by atoms with Gasteiger partial charge in [0.15, 0.2) is 6.61 Å². The van der Waals surface area contributed by atoms with Gasteiger partial charge in [-0.2, -0.15) is 0 Å². The van der Waals surface area contributed by atoms with E-state index >= 15 is 0 Å². The van der Waals surface area contributed by atoms with E-state index < -0.39 is 0 Å². The number of fused-ring (bicyclic) bond motifs is 1. The van der Waals surface area contributed by atoms with Gasteiger partial charge in [-0.05, 0) is 30.2 Å². The number of rotatable bonds is 5. The Labute approximate surface area is 140 Å². The molecular formula is C19H19N3O2. The van der Waals surface area contributed by atoms with E-state index in [1.54, 1.807) is 11.9 Å². The molecule has 0 saturated carbocycles. The summed E-state index contributed by atoms with van der Waals surface area (Å²) in [4.78, 5) is 22.3. The quantitative estimate of drug-likeness (QED) is 0.725. The van der Waals surface area contributed by atoms with E-state index in [0.717, 1.165) is 16.5 Å². The summed E-state index contributed by atoms with van der Waals surface area (Å²) in [5.74, 6) is 0.333. The first kappa shape index (κ1) is 15.9. The van der Waals surface area contributed by atoms with Crippen molar-refractivity contribution in [2.24, 2.45) is 0 Å². The molecule has 0 aliphatic rings. The minimum Gasteiger partial charge on any atom is -0.467 e. The topological polar surface area (TPSA) is 55.3 Å². The Hall–Kier alpha value is -2.95. The minimum atomic E-state index is -0.0963. The van der Waals surface area contributed by atoms with Crippen LogP contribution in [0.25, 0.3) is 10.9 Å². The highest BCUT2D eigenvalue weighted by Crippen LogP contribution is 2.20. The van der Waals surface area contributed by atoms with Crippen molar-refractivity contribution >= 4 is 16.8 Å². The molecule has 3 rings (SSSR count). The Kier molecular flexibility index (Phi) is 4.70. The highest BCUT2D eigenvalue weighted by atomic mass is 16.5. The summed E-state index contributed by atoms with van der Waals surface area (Å²) in [6.07, 6.45) is 1.44. The van der Waals surface area contributed by atoms with E-state index in [2.05, 4.69) is 9.97 Å². The van der Waals surface area contributed by atoms with E-state index in [-0.39, 0.29) is 12.5 Å². The van der Waals surface area contributed by atoms with Crippen molar-refractivity contribution in [3.8, 4) is 5.88 Å². The molecule has 0 spiro atoms. The number of carbonyl (C=O) groups is 1. The van der Waals surface area contributed by atoms with Gasteiger partial charge in [-0.25, -0.2) is 9.97 Å². The molecule has 1 heterocycles. The van der Waals surface area contributed by atoms with Crippen molar-refractivity contribution in [1.82, 2.24) is 14.9 Å². The van der Waals surface area contributed by atoms with Gasteiger partial charge in [0.2, 0.25) is 5.88 Å². The van der Waals surface area contributed by atoms with Crippen LogP contribution in [0.1, 0.15) is 11.1 Å². The van der Waals surface area contributed by atoms with Crippen molar-refractivity contribution in [2.75, 3.05) is 13.7 Å². The molecule has 0 bridgehead atoms. The zero-order chi connectivity index (χ0) is 16.9. The summed E-state index contributed by atoms with van der Waals surface area (Å²) < 4.78 is 5.63. The number of likely N-dealkylation sites (N-methyl/N-ethyl adjacent to an activating group) is 1. The summed E-state index contributed by atoms with van der Waals surface area (Å²) >= 11 is 0. The van der Waals surface area contributed by atoms with E-state index in [1.807, 2.05) is 55.5 Å². The molecule has 0 atom stereocenters. The third kappa shape index (κ3) is 3.51. The molecule has 0 aliphatic carbocycles. The van der Waals surface area contributed by atoms with Gasteiger partial charge >= 0.3 is 0 Å². The largest absolute Gasteiger partial charge is 0.467 e. The van der Waals surface area contributed by atoms with Gasteiger partial charge in [0.1, 0.15) is 6.33 Å². The summed E-state index contributed by atoms with van der Waals surface area (Å²) in [6.45, 7) is 2.54. The summed E-state index contributed by atoms with van der Waals surface area (Å²) in [5.41, 5.74) is 3.09. The molecule has 0 radical (unpaired) electrons. The predicted octanol–water partition coefficient (Wildman–Crippen LogP) is 2.98. The molecule has 122 valence electrons. The molecule has 2 aromatic carbocycles. The average molecular weight is 321 g/mol. The Morgan fingerprint density at radius 3 is 2.67 bits per heavy atom. The van der Waals surface area contributed by atoms with E-state index in [0.29, 0.717) is 12.4 Å². The number of benzene rings is 2. The summed E-state index contributed by atoms with van der Waals surface area (Å²) in [7, 11) is 1.77. The van der Waals surface area contributed by atoms with Gasteiger partial charge in [0.05, 0.1) is 10.9 Å². The molecule has 0 fully saturated rings. The Morgan fingerprint density at radius 1 is 1.08 bits per heavy atom. The first-order valence-corrected chi connectivity index (χ1v) is 7.76. The van der Waals surface area contributed by atoms with Crippen LogP contribution < -0.4 is 4.74 Å². The predicted molar refractivity (Wildman–Crippen MR) is 92.7 cm³/mol. The minimum absolute atomic E-state index is 0.0522. The van der Waals surface area contributed by atoms with Crippen molar-refractivity contribution in [2.45, 2.75) is 13.5 Å². The van der Waals surface area contributed by atoms with Crippen LogP contribution in [-0.4, -0.2) is 34.4 Å². The average Bonchev–Trinajstić information content (AvgIpc) is 2.61. The van der Waals surface area contributed by atoms with E-state index in [4.69, 9.17) is 4.74 Å². The van der Waals surface area contributed by atoms with Gasteiger partial charge in [-0.15, -0.1) is 0 Å². The highest BCUT2D eigenvalue weighted by molar-refractivity contribution is 5.84. The molecular weight excluding hydrogens is 302 g/mol. The number of hydrogen-bond acceptors (Lipinski definition) is 4. The van der Waals surface area contributed by atoms with Crippen LogP contribution in [0.4, 0.5) is 0 Å². The van der Waals surface area contributed by atoms with E-state index in [1.165, 1.54) is 11.9 Å². The molecule has 1 amide bonds. The molecule has 0 saturated heterocycles. The van der Waals surface area contributed by atoms with Gasteiger partial charge in [-0.3, -0.25) is 4.79 Å². The molecule has 0 N–H and O–H groups in total. The Morgan fingerprint density at radius 2 is 1.83 bits per heavy atom. The van der Waals surface area contributed by atoms with Gasteiger partial charge in [-0.1, -0.05) is 36.4 Å². The van der Waals surface area contributed by atoms with Crippen molar-refractivity contribution in [3.63, 3.8) is 0 Å². The summed E-state index contributed by atoms with van der Waals surface area (Å²) in [5, 5.41) is 0.800. The molecule has 24 heavy (non-hydrogen) atoms. The standard InChI is InChI=1S/C19H19N3O2/c1-14-7-3-4-8-15(14)11-22(2)18(23)12-24-19-16-9-5-6-10-17(16)20-13-21-19/h3-10,13H,11-12H2,1-2H3. The summed E-state index contributed by atoms with van der Waals surface area (Å²) in [6, 6.07) is 15.6. The second kappa shape index (κ2) is 7.08. The number of ether oxygens (including phenoxy) is 1. The number of carbonyl (C=O) groups excluding carboxylic acids is 1. The number of amides is 1. The number of nitrogens with zero attached hydrogens (tertiary/aromatic N) is 3. The molecule has 3 aromatic rings. The molecule has 0 aliphatic heterocycles. The third-order valence-corrected chi connectivity index (χ3v) is 3.93. The van der Waals surface area contributed by atoms with Crippen molar-refractivity contribution in [1.29, 1.82) is 0 Å². The lowest BCUT2D eigenvalue weighted by Gasteiger charge is -2.18. The fourth-order valence-corrected chi connectivity index (χ4v) is 2.47. The van der Waals surface area contributed by atoms with Crippen LogP contribution in [0.3, 0.4) is 0 Å². The molecule has 1 aromatic heterocycles. The van der Waals surface area contributed by atoms with Crippen molar-refractivity contribution < 1.29 is 9.53 Å². The van der Waals surface area contributed by atoms with Crippen LogP contribution >= 0.6 is 0 Å². The number of para-hydroxylation sites is 1. The maximum absolute atomic E-state index is 12.3. The van der Waals surface area contributed by atoms with Gasteiger partial charge in [0, 0.05) is 13.6 Å². The SMILES string of the molecule is Cc1ccccc1CN(C)C(=O)COc1ncnc2ccccc12. The maximum Gasteiger partial charge on any atom is 0.260 e. The zero-order valence-corrected chi connectivity index (χ0v) is 13.8. The third-order valence-electron chi connectivity index (χ3n) is 3.93. The van der Waals surface area contributed by atoms with E-state index in [9.17, 15) is 4.79 Å². The lowest BCUT2D eigenvalue weighted by Crippen LogP contribution is -2.31. The second-order valence-electron chi connectivity index (χ2n) is 5.66. The molecule has 5 heteroatoms. The van der Waals surface area contributed by atoms with Gasteiger partial charge < -0.3 is 9.64 Å². The van der Waals surface area contributed by atoms with Crippen LogP contribution in [0.15, 0.2) is 54.9 Å². The van der Waals surface area contributed by atoms with Gasteiger partial charge in [0.25, 0.3) is 5.91 Å². The zero-order valence-electron chi connectivity index (χ0n) is 13.8. The fraction of sp³-hybridized carbons (Fsp3) is 0.211. The molecule has 5 nitrogen and oxygen atoms in total. The number of aryl methyl sites for hydroxylation is 1. The lowest BCUT2D eigenvalue weighted by molar-refractivity contribution is -0.132. The van der Waals surface area contributed by atoms with Crippen LogP contribution in [-0.2, 0) is 11.3 Å². The first-order valence-electron chi connectivity index (χ1n) is 7.76. The van der Waals surface area contributed by atoms with Crippen LogP contribution in [0.5, 0.6) is 5.88 Å². The van der Waals surface area contributed by atoms with Crippen LogP contribution in [0, 0.1) is 6.92 Å². The first-order chi connectivity index (χ1) is 11.6.